The third-order valence-corrected chi connectivity index (χ3v) is 21.8. The zero-order chi connectivity index (χ0) is 55.0. The number of para-hydroxylation sites is 1. The van der Waals surface area contributed by atoms with Crippen LogP contribution in [0.3, 0.4) is 0 Å². The molecule has 5 saturated carbocycles. The molecule has 13 N–H and O–H groups in total. The number of carbonyl (C=O) groups is 2. The Morgan fingerprint density at radius 1 is 0.697 bits per heavy atom. The predicted molar refractivity (Wildman–Crippen MR) is 261 cm³/mol. The Morgan fingerprint density at radius 2 is 1.33 bits per heavy atom. The number of epoxide rings is 1. The predicted octanol–water partition coefficient (Wildman–Crippen LogP) is -0.968. The van der Waals surface area contributed by atoms with Crippen molar-refractivity contribution in [1.29, 1.82) is 0 Å². The first kappa shape index (κ1) is 56.7. The first-order chi connectivity index (χ1) is 35.8. The highest BCUT2D eigenvalue weighted by Crippen LogP contribution is 2.83. The molecule has 10 rings (SSSR count). The monoisotopic (exact) mass is 1080 g/mol. The molecule has 9 fully saturated rings. The summed E-state index contributed by atoms with van der Waals surface area (Å²) in [6, 6.07) is 6.63. The number of rotatable bonds is 12. The minimum absolute atomic E-state index is 0.0363. The van der Waals surface area contributed by atoms with Crippen LogP contribution in [-0.2, 0) is 42.7 Å². The summed E-state index contributed by atoms with van der Waals surface area (Å²) in [5, 5.41) is 120. The molecule has 28 atom stereocenters. The Bertz CT molecular complexity index is 2310. The van der Waals surface area contributed by atoms with Crippen LogP contribution in [0.1, 0.15) is 103 Å². The fourth-order valence-corrected chi connectivity index (χ4v) is 17.0. The molecule has 0 bridgehead atoms. The molecule has 5 aliphatic carbocycles. The number of fused-ring (bicyclic) bond motifs is 5. The molecule has 0 unspecified atom stereocenters. The standard InChI is InChI=1S/C54H81NO21/c1-48(22-58)16-31-50(3,18-35(48)73-44(68)24-9-7-8-10-25(24)55)32(60)17-53(6)52(5)14-11-29-49(2,30(52)15-34-54(31,53)76-34)13-12-33(51(29,4)23-59)74-47-43(75-46-42(67)40(65)37(62)27(20-57)71-46)38(63)28(21-69-47)72-45-41(66)39(64)36(61)26(19-56)70-45/h7-10,22,26-43,45-47,56-57,59-67H,11-21,23,55H2,1-6H3/t26-,27-,28+,29-,30-,31-,32+,33+,34-,35+,36-,37-,38+,39+,40+,41-,42-,43-,45+,46+,47+,48+,49+,50+,51+,52-,53+,54-/m1/s1. The van der Waals surface area contributed by atoms with Crippen molar-refractivity contribution in [3.05, 3.63) is 29.8 Å². The Kier molecular flexibility index (Phi) is 14.8. The summed E-state index contributed by atoms with van der Waals surface area (Å²) < 4.78 is 49.8. The lowest BCUT2D eigenvalue weighted by atomic mass is 9.31. The molecule has 1 spiro atoms. The number of hydrogen-bond donors (Lipinski definition) is 12. The molecule has 1 aromatic carbocycles. The SMILES string of the molecule is C[C@]1(CO)[C@@H]2CC[C@]3(C)[C@H](C[C@H]4O[C@]45[C@@H]4C[C@@](C)(C=O)[C@@H](OC(=O)c6ccccc6N)C[C@]4(C)[C@@H](O)C[C@]53C)[C@@]2(C)CC[C@@H]1O[C@@H]1OC[C@H](O[C@@H]2O[C@H](CO)[C@@H](O)[C@H](O)[C@H]2O)[C@H](O)[C@H]1O[C@@H]1O[C@H](CO)[C@@H](O)[C@H](O)[C@H]1O. The minimum Gasteiger partial charge on any atom is -0.458 e. The molecule has 428 valence electrons. The Labute approximate surface area is 441 Å². The van der Waals surface area contributed by atoms with Gasteiger partial charge < -0.3 is 105 Å². The number of esters is 1. The summed E-state index contributed by atoms with van der Waals surface area (Å²) in [7, 11) is 0. The smallest absolute Gasteiger partial charge is 0.340 e. The number of aliphatic hydroxyl groups excluding tert-OH is 11. The van der Waals surface area contributed by atoms with Crippen molar-refractivity contribution in [2.24, 2.45) is 50.2 Å². The number of aliphatic hydroxyl groups is 11. The normalized spacial score (nSPS) is 54.7. The number of anilines is 1. The van der Waals surface area contributed by atoms with E-state index in [0.717, 1.165) is 6.29 Å². The van der Waals surface area contributed by atoms with Crippen molar-refractivity contribution in [2.45, 2.75) is 209 Å². The van der Waals surface area contributed by atoms with E-state index in [4.69, 9.17) is 43.6 Å². The van der Waals surface area contributed by atoms with Gasteiger partial charge in [0, 0.05) is 27.9 Å². The second-order valence-corrected chi connectivity index (χ2v) is 25.5. The van der Waals surface area contributed by atoms with Crippen LogP contribution in [0.5, 0.6) is 0 Å². The topological polar surface area (TPSA) is 360 Å². The van der Waals surface area contributed by atoms with Crippen molar-refractivity contribution in [2.75, 3.05) is 32.2 Å². The highest BCUT2D eigenvalue weighted by molar-refractivity contribution is 5.95. The highest BCUT2D eigenvalue weighted by Gasteiger charge is 2.86. The summed E-state index contributed by atoms with van der Waals surface area (Å²) in [5.74, 6) is -1.00. The van der Waals surface area contributed by atoms with Crippen LogP contribution in [0.15, 0.2) is 24.3 Å². The average molecular weight is 1080 g/mol. The maximum absolute atomic E-state index is 13.6. The maximum atomic E-state index is 13.6. The van der Waals surface area contributed by atoms with Crippen LogP contribution < -0.4 is 5.73 Å². The first-order valence-electron chi connectivity index (χ1n) is 27.1. The molecule has 4 heterocycles. The zero-order valence-electron chi connectivity index (χ0n) is 44.1. The second kappa shape index (κ2) is 19.9. The molecular weight excluding hydrogens is 999 g/mol. The molecule has 4 saturated heterocycles. The molecule has 1 aromatic rings. The van der Waals surface area contributed by atoms with Gasteiger partial charge in [-0.05, 0) is 93.1 Å². The van der Waals surface area contributed by atoms with Gasteiger partial charge in [-0.15, -0.1) is 0 Å². The number of nitrogen functional groups attached to an aromatic ring is 1. The summed E-state index contributed by atoms with van der Waals surface area (Å²) in [6.07, 6.45) is -20.9. The zero-order valence-corrected chi connectivity index (χ0v) is 44.1. The molecule has 9 aliphatic rings. The third-order valence-electron chi connectivity index (χ3n) is 21.8. The van der Waals surface area contributed by atoms with Crippen LogP contribution in [0.4, 0.5) is 5.69 Å². The van der Waals surface area contributed by atoms with E-state index < -0.39 is 168 Å². The van der Waals surface area contributed by atoms with Crippen LogP contribution >= 0.6 is 0 Å². The summed E-state index contributed by atoms with van der Waals surface area (Å²) in [4.78, 5) is 26.9. The van der Waals surface area contributed by atoms with E-state index in [2.05, 4.69) is 20.8 Å². The number of hydrogen-bond acceptors (Lipinski definition) is 22. The van der Waals surface area contributed by atoms with E-state index in [1.165, 1.54) is 0 Å². The molecule has 0 aromatic heterocycles. The Balaban J connectivity index is 0.900. The van der Waals surface area contributed by atoms with Gasteiger partial charge in [-0.3, -0.25) is 0 Å². The lowest BCUT2D eigenvalue weighted by Crippen LogP contribution is -2.74. The third kappa shape index (κ3) is 8.24. The summed E-state index contributed by atoms with van der Waals surface area (Å²) in [6.45, 7) is 10.4. The lowest BCUT2D eigenvalue weighted by Gasteiger charge is -2.73. The van der Waals surface area contributed by atoms with Crippen LogP contribution in [-0.4, -0.2) is 211 Å². The minimum atomic E-state index is -1.90. The quantitative estimate of drug-likeness (QED) is 0.0394. The van der Waals surface area contributed by atoms with E-state index in [-0.39, 0.29) is 48.1 Å². The van der Waals surface area contributed by atoms with Crippen molar-refractivity contribution in [1.82, 2.24) is 0 Å². The number of carbonyl (C=O) groups excluding carboxylic acids is 2. The molecule has 0 radical (unpaired) electrons. The van der Waals surface area contributed by atoms with Gasteiger partial charge in [0.1, 0.15) is 85.1 Å². The van der Waals surface area contributed by atoms with Crippen LogP contribution in [0.25, 0.3) is 0 Å². The molecule has 76 heavy (non-hydrogen) atoms. The van der Waals surface area contributed by atoms with Gasteiger partial charge in [0.15, 0.2) is 18.9 Å². The Hall–Kier alpha value is -2.56. The molecule has 0 amide bonds. The van der Waals surface area contributed by atoms with Crippen molar-refractivity contribution in [3.8, 4) is 0 Å². The second-order valence-electron chi connectivity index (χ2n) is 25.5. The van der Waals surface area contributed by atoms with E-state index in [9.17, 15) is 65.8 Å². The first-order valence-corrected chi connectivity index (χ1v) is 27.1. The molecule has 4 aliphatic heterocycles. The lowest BCUT2D eigenvalue weighted by molar-refractivity contribution is -0.383. The van der Waals surface area contributed by atoms with Gasteiger partial charge in [0.2, 0.25) is 0 Å². The van der Waals surface area contributed by atoms with Gasteiger partial charge in [0.25, 0.3) is 0 Å². The number of aldehydes is 1. The van der Waals surface area contributed by atoms with Gasteiger partial charge in [-0.2, -0.15) is 0 Å². The molecule has 22 heteroatoms. The number of ether oxygens (including phenoxy) is 8. The van der Waals surface area contributed by atoms with E-state index in [1.54, 1.807) is 24.3 Å². The average Bonchev–Trinajstić information content (AvgIpc) is 4.28. The molecular formula is C54H81NO21. The number of nitrogens with two attached hydrogens (primary N) is 1. The van der Waals surface area contributed by atoms with E-state index in [0.29, 0.717) is 44.9 Å². The Morgan fingerprint density at radius 3 is 1.93 bits per heavy atom. The number of benzene rings is 1. The summed E-state index contributed by atoms with van der Waals surface area (Å²) in [5.41, 5.74) is 1.74. The largest absolute Gasteiger partial charge is 0.458 e. The summed E-state index contributed by atoms with van der Waals surface area (Å²) >= 11 is 0. The van der Waals surface area contributed by atoms with Crippen molar-refractivity contribution >= 4 is 17.9 Å². The van der Waals surface area contributed by atoms with Gasteiger partial charge in [-0.1, -0.05) is 46.8 Å². The van der Waals surface area contributed by atoms with Gasteiger partial charge in [-0.25, -0.2) is 4.79 Å². The fraction of sp³-hybridized carbons (Fsp3) is 0.852. The van der Waals surface area contributed by atoms with Crippen molar-refractivity contribution < 1.29 is 104 Å². The van der Waals surface area contributed by atoms with Gasteiger partial charge in [0.05, 0.1) is 55.7 Å². The maximum Gasteiger partial charge on any atom is 0.340 e. The fourth-order valence-electron chi connectivity index (χ4n) is 17.0. The van der Waals surface area contributed by atoms with Crippen molar-refractivity contribution in [3.63, 3.8) is 0 Å². The van der Waals surface area contributed by atoms with E-state index in [1.807, 2.05) is 20.8 Å². The molecule has 22 nitrogen and oxygen atoms in total. The van der Waals surface area contributed by atoms with Gasteiger partial charge >= 0.3 is 5.97 Å². The van der Waals surface area contributed by atoms with Crippen LogP contribution in [0.2, 0.25) is 0 Å². The van der Waals surface area contributed by atoms with Crippen LogP contribution in [0, 0.1) is 50.2 Å². The highest BCUT2D eigenvalue weighted by atomic mass is 16.8. The van der Waals surface area contributed by atoms with E-state index >= 15 is 0 Å².